The van der Waals surface area contributed by atoms with Crippen LogP contribution in [-0.2, 0) is 14.8 Å². The Morgan fingerprint density at radius 1 is 1.11 bits per heavy atom. The summed E-state index contributed by atoms with van der Waals surface area (Å²) in [5.74, 6) is 0.0424. The number of rotatable bonds is 8. The van der Waals surface area contributed by atoms with Crippen molar-refractivity contribution in [2.45, 2.75) is 46.5 Å². The van der Waals surface area contributed by atoms with Crippen LogP contribution in [0.1, 0.15) is 45.1 Å². The molecule has 152 valence electrons. The lowest BCUT2D eigenvalue weighted by molar-refractivity contribution is -0.131. The maximum absolute atomic E-state index is 12.5. The molecular weight excluding hydrogens is 362 g/mol. The predicted molar refractivity (Wildman–Crippen MR) is 112 cm³/mol. The number of carbonyl (C=O) groups excluding carboxylic acids is 1. The normalized spacial score (nSPS) is 14.9. The molecule has 0 saturated carbocycles. The minimum atomic E-state index is -3.46. The first-order valence-electron chi connectivity index (χ1n) is 9.89. The molecule has 1 aromatic carbocycles. The van der Waals surface area contributed by atoms with Gasteiger partial charge in [-0.1, -0.05) is 0 Å². The molecular formula is C20H33N3O3S. The fourth-order valence-corrected chi connectivity index (χ4v) is 4.65. The summed E-state index contributed by atoms with van der Waals surface area (Å²) in [7, 11) is -3.46. The van der Waals surface area contributed by atoms with E-state index in [1.165, 1.54) is 10.6 Å². The second kappa shape index (κ2) is 9.44. The fourth-order valence-electron chi connectivity index (χ4n) is 3.67. The summed E-state index contributed by atoms with van der Waals surface area (Å²) in [6.07, 6.45) is 4.65. The van der Waals surface area contributed by atoms with Crippen molar-refractivity contribution in [3.05, 3.63) is 23.8 Å². The average molecular weight is 396 g/mol. The third-order valence-corrected chi connectivity index (χ3v) is 6.40. The Bertz CT molecular complexity index is 739. The maximum Gasteiger partial charge on any atom is 0.232 e. The molecule has 0 bridgehead atoms. The van der Waals surface area contributed by atoms with Gasteiger partial charge in [-0.25, -0.2) is 8.42 Å². The Balaban J connectivity index is 2.17. The van der Waals surface area contributed by atoms with E-state index in [-0.39, 0.29) is 18.9 Å². The Hall–Kier alpha value is -1.76. The van der Waals surface area contributed by atoms with E-state index in [0.717, 1.165) is 56.7 Å². The molecule has 0 atom stereocenters. The van der Waals surface area contributed by atoms with Crippen LogP contribution in [0.25, 0.3) is 0 Å². The lowest BCUT2D eigenvalue weighted by Gasteiger charge is -2.29. The van der Waals surface area contributed by atoms with Crippen molar-refractivity contribution in [3.8, 4) is 0 Å². The summed E-state index contributed by atoms with van der Waals surface area (Å²) in [4.78, 5) is 16.5. The summed E-state index contributed by atoms with van der Waals surface area (Å²) < 4.78 is 26.2. The van der Waals surface area contributed by atoms with E-state index in [1.807, 2.05) is 30.0 Å². The van der Waals surface area contributed by atoms with E-state index in [1.54, 1.807) is 0 Å². The Morgan fingerprint density at radius 3 is 2.26 bits per heavy atom. The first-order valence-corrected chi connectivity index (χ1v) is 11.7. The molecule has 6 nitrogen and oxygen atoms in total. The molecule has 0 aliphatic carbocycles. The molecule has 0 N–H and O–H groups in total. The van der Waals surface area contributed by atoms with E-state index in [0.29, 0.717) is 5.69 Å². The molecule has 1 amide bonds. The molecule has 7 heteroatoms. The van der Waals surface area contributed by atoms with Crippen LogP contribution in [-0.4, -0.2) is 58.2 Å². The lowest BCUT2D eigenvalue weighted by Crippen LogP contribution is -2.39. The number of amides is 1. The Labute approximate surface area is 164 Å². The smallest absolute Gasteiger partial charge is 0.232 e. The first kappa shape index (κ1) is 21.5. The number of carbonyl (C=O) groups is 1. The van der Waals surface area contributed by atoms with Crippen molar-refractivity contribution in [2.24, 2.45) is 0 Å². The number of piperidine rings is 1. The fraction of sp³-hybridized carbons (Fsp3) is 0.650. The van der Waals surface area contributed by atoms with Crippen molar-refractivity contribution >= 4 is 27.3 Å². The van der Waals surface area contributed by atoms with Gasteiger partial charge in [0.15, 0.2) is 0 Å². The van der Waals surface area contributed by atoms with Gasteiger partial charge in [0.2, 0.25) is 15.9 Å². The van der Waals surface area contributed by atoms with Crippen LogP contribution >= 0.6 is 0 Å². The van der Waals surface area contributed by atoms with Crippen molar-refractivity contribution in [1.29, 1.82) is 0 Å². The van der Waals surface area contributed by atoms with Crippen LogP contribution < -0.4 is 9.21 Å². The number of anilines is 2. The lowest BCUT2D eigenvalue weighted by atomic mass is 10.1. The van der Waals surface area contributed by atoms with Crippen molar-refractivity contribution in [3.63, 3.8) is 0 Å². The molecule has 27 heavy (non-hydrogen) atoms. The average Bonchev–Trinajstić information content (AvgIpc) is 2.64. The number of benzene rings is 1. The number of hydrogen-bond donors (Lipinski definition) is 0. The van der Waals surface area contributed by atoms with Gasteiger partial charge in [-0.15, -0.1) is 0 Å². The zero-order valence-electron chi connectivity index (χ0n) is 17.1. The van der Waals surface area contributed by atoms with Gasteiger partial charge in [0, 0.05) is 44.8 Å². The number of nitrogens with zero attached hydrogens (tertiary/aromatic N) is 3. The van der Waals surface area contributed by atoms with Crippen LogP contribution in [0.4, 0.5) is 11.4 Å². The molecule has 0 unspecified atom stereocenters. The van der Waals surface area contributed by atoms with Crippen molar-refractivity contribution in [2.75, 3.05) is 48.2 Å². The minimum Gasteiger partial charge on any atom is -0.372 e. The highest BCUT2D eigenvalue weighted by Crippen LogP contribution is 2.27. The SMILES string of the molecule is CCN(CC)c1ccc(N(CCC(=O)N2CCCCC2)S(C)(=O)=O)c(C)c1. The molecule has 0 radical (unpaired) electrons. The quantitative estimate of drug-likeness (QED) is 0.679. The van der Waals surface area contributed by atoms with Crippen molar-refractivity contribution in [1.82, 2.24) is 4.90 Å². The molecule has 2 rings (SSSR count). The highest BCUT2D eigenvalue weighted by atomic mass is 32.2. The maximum atomic E-state index is 12.5. The molecule has 1 aliphatic rings. The van der Waals surface area contributed by atoms with Gasteiger partial charge < -0.3 is 9.80 Å². The van der Waals surface area contributed by atoms with Crippen LogP contribution in [0.5, 0.6) is 0 Å². The minimum absolute atomic E-state index is 0.0424. The van der Waals surface area contributed by atoms with Crippen LogP contribution in [0, 0.1) is 6.92 Å². The largest absolute Gasteiger partial charge is 0.372 e. The molecule has 0 aromatic heterocycles. The monoisotopic (exact) mass is 395 g/mol. The summed E-state index contributed by atoms with van der Waals surface area (Å²) in [5.41, 5.74) is 2.63. The topological polar surface area (TPSA) is 60.9 Å². The molecule has 1 saturated heterocycles. The molecule has 1 aromatic rings. The summed E-state index contributed by atoms with van der Waals surface area (Å²) >= 11 is 0. The molecule has 1 heterocycles. The third-order valence-electron chi connectivity index (χ3n) is 5.22. The molecule has 0 spiro atoms. The summed E-state index contributed by atoms with van der Waals surface area (Å²) in [5, 5.41) is 0. The van der Waals surface area contributed by atoms with Gasteiger partial charge in [-0.2, -0.15) is 0 Å². The van der Waals surface area contributed by atoms with E-state index < -0.39 is 10.0 Å². The zero-order valence-corrected chi connectivity index (χ0v) is 17.9. The number of sulfonamides is 1. The summed E-state index contributed by atoms with van der Waals surface area (Å²) in [6, 6.07) is 5.84. The number of likely N-dealkylation sites (tertiary alicyclic amines) is 1. The highest BCUT2D eigenvalue weighted by Gasteiger charge is 2.23. The summed E-state index contributed by atoms with van der Waals surface area (Å²) in [6.45, 7) is 9.67. The Morgan fingerprint density at radius 2 is 1.74 bits per heavy atom. The van der Waals surface area contributed by atoms with E-state index in [4.69, 9.17) is 0 Å². The van der Waals surface area contributed by atoms with Gasteiger partial charge in [0.05, 0.1) is 11.9 Å². The number of aryl methyl sites for hydroxylation is 1. The van der Waals surface area contributed by atoms with E-state index in [2.05, 4.69) is 18.7 Å². The van der Waals surface area contributed by atoms with Crippen molar-refractivity contribution < 1.29 is 13.2 Å². The first-order chi connectivity index (χ1) is 12.8. The zero-order chi connectivity index (χ0) is 20.0. The van der Waals surface area contributed by atoms with Crippen LogP contribution in [0.3, 0.4) is 0 Å². The predicted octanol–water partition coefficient (Wildman–Crippen LogP) is 3.01. The van der Waals surface area contributed by atoms with E-state index in [9.17, 15) is 13.2 Å². The molecule has 1 aliphatic heterocycles. The van der Waals surface area contributed by atoms with Crippen LogP contribution in [0.2, 0.25) is 0 Å². The van der Waals surface area contributed by atoms with Crippen LogP contribution in [0.15, 0.2) is 18.2 Å². The van der Waals surface area contributed by atoms with Gasteiger partial charge in [0.25, 0.3) is 0 Å². The molecule has 1 fully saturated rings. The van der Waals surface area contributed by atoms with Gasteiger partial charge in [-0.3, -0.25) is 9.10 Å². The van der Waals surface area contributed by atoms with Gasteiger partial charge in [-0.05, 0) is 63.8 Å². The third kappa shape index (κ3) is 5.61. The highest BCUT2D eigenvalue weighted by molar-refractivity contribution is 7.92. The van der Waals surface area contributed by atoms with Gasteiger partial charge >= 0.3 is 0 Å². The standard InChI is InChI=1S/C20H33N3O3S/c1-5-21(6-2)18-10-11-19(17(3)16-18)23(27(4,25)26)15-12-20(24)22-13-8-7-9-14-22/h10-11,16H,5-9,12-15H2,1-4H3. The van der Waals surface area contributed by atoms with E-state index >= 15 is 0 Å². The second-order valence-electron chi connectivity index (χ2n) is 7.17. The van der Waals surface area contributed by atoms with Gasteiger partial charge in [0.1, 0.15) is 0 Å². The number of hydrogen-bond acceptors (Lipinski definition) is 4. The second-order valence-corrected chi connectivity index (χ2v) is 9.08. The Kier molecular flexibility index (Phi) is 7.53.